The van der Waals surface area contributed by atoms with Crippen LogP contribution in [0.25, 0.3) is 64.3 Å². The van der Waals surface area contributed by atoms with Crippen LogP contribution in [0, 0.1) is 0 Å². The zero-order valence-corrected chi connectivity index (χ0v) is 27.1. The first-order valence-electron chi connectivity index (χ1n) is 16.4. The molecule has 0 atom stereocenters. The van der Waals surface area contributed by atoms with E-state index in [2.05, 4.69) is 193 Å². The number of anilines is 3. The summed E-state index contributed by atoms with van der Waals surface area (Å²) in [4.78, 5) is 2.38. The van der Waals surface area contributed by atoms with Gasteiger partial charge >= 0.3 is 0 Å². The molecule has 0 bridgehead atoms. The summed E-state index contributed by atoms with van der Waals surface area (Å²) in [6.07, 6.45) is 0. The van der Waals surface area contributed by atoms with Gasteiger partial charge in [-0.3, -0.25) is 0 Å². The fourth-order valence-corrected chi connectivity index (χ4v) is 8.32. The number of thiophene rings is 1. The maximum atomic E-state index is 2.38. The largest absolute Gasteiger partial charge is 0.310 e. The quantitative estimate of drug-likeness (QED) is 0.177. The summed E-state index contributed by atoms with van der Waals surface area (Å²) >= 11 is 1.90. The SMILES string of the molecule is c1ccc(-c2ccc(N(c3ccc(-c4cccc5c4sc4c(-c6ccccc6)cccc45)cc3)c3cccc4ccccc34)cc2)cc1. The van der Waals surface area contributed by atoms with Gasteiger partial charge in [0.2, 0.25) is 0 Å². The molecule has 0 spiro atoms. The lowest BCUT2D eigenvalue weighted by Crippen LogP contribution is -2.10. The number of hydrogen-bond acceptors (Lipinski definition) is 2. The first-order chi connectivity index (χ1) is 23.8. The van der Waals surface area contributed by atoms with Gasteiger partial charge in [-0.1, -0.05) is 158 Å². The van der Waals surface area contributed by atoms with Crippen LogP contribution in [0.2, 0.25) is 0 Å². The van der Waals surface area contributed by atoms with E-state index >= 15 is 0 Å². The second kappa shape index (κ2) is 12.0. The first kappa shape index (κ1) is 28.3. The van der Waals surface area contributed by atoms with Crippen molar-refractivity contribution in [3.05, 3.63) is 188 Å². The van der Waals surface area contributed by atoms with Gasteiger partial charge in [0.25, 0.3) is 0 Å². The Labute approximate surface area is 284 Å². The van der Waals surface area contributed by atoms with Crippen LogP contribution in [0.5, 0.6) is 0 Å². The maximum absolute atomic E-state index is 2.38. The Morgan fingerprint density at radius 2 is 0.750 bits per heavy atom. The zero-order chi connectivity index (χ0) is 31.9. The molecule has 0 saturated carbocycles. The third-order valence-corrected chi connectivity index (χ3v) is 10.6. The van der Waals surface area contributed by atoms with Gasteiger partial charge in [-0.15, -0.1) is 11.3 Å². The normalized spacial score (nSPS) is 11.3. The van der Waals surface area contributed by atoms with Crippen molar-refractivity contribution in [1.82, 2.24) is 0 Å². The van der Waals surface area contributed by atoms with Gasteiger partial charge in [-0.05, 0) is 69.1 Å². The van der Waals surface area contributed by atoms with Crippen LogP contribution < -0.4 is 4.90 Å². The molecule has 48 heavy (non-hydrogen) atoms. The summed E-state index contributed by atoms with van der Waals surface area (Å²) in [5.74, 6) is 0. The van der Waals surface area contributed by atoms with E-state index in [1.165, 1.54) is 64.3 Å². The van der Waals surface area contributed by atoms with Crippen LogP contribution in [0.4, 0.5) is 17.1 Å². The fraction of sp³-hybridized carbons (Fsp3) is 0. The molecule has 2 heteroatoms. The zero-order valence-electron chi connectivity index (χ0n) is 26.3. The molecule has 1 heterocycles. The highest BCUT2D eigenvalue weighted by Gasteiger charge is 2.17. The van der Waals surface area contributed by atoms with Crippen molar-refractivity contribution < 1.29 is 0 Å². The highest BCUT2D eigenvalue weighted by Crippen LogP contribution is 2.45. The molecule has 0 radical (unpaired) electrons. The summed E-state index contributed by atoms with van der Waals surface area (Å²) in [5, 5.41) is 5.07. The van der Waals surface area contributed by atoms with Gasteiger partial charge < -0.3 is 4.90 Å². The molecular formula is C46H31NS. The molecule has 1 nitrogen and oxygen atoms in total. The van der Waals surface area contributed by atoms with Crippen molar-refractivity contribution in [2.75, 3.05) is 4.90 Å². The van der Waals surface area contributed by atoms with Gasteiger partial charge in [0, 0.05) is 36.9 Å². The molecule has 0 fully saturated rings. The third-order valence-electron chi connectivity index (χ3n) is 9.29. The second-order valence-corrected chi connectivity index (χ2v) is 13.1. The molecular weight excluding hydrogens is 599 g/mol. The number of benzene rings is 8. The van der Waals surface area contributed by atoms with Gasteiger partial charge in [0.05, 0.1) is 5.69 Å². The van der Waals surface area contributed by atoms with E-state index in [1.807, 2.05) is 11.3 Å². The predicted molar refractivity (Wildman–Crippen MR) is 208 cm³/mol. The smallest absolute Gasteiger partial charge is 0.0540 e. The van der Waals surface area contributed by atoms with E-state index in [1.54, 1.807) is 0 Å². The van der Waals surface area contributed by atoms with Gasteiger partial charge in [-0.25, -0.2) is 0 Å². The first-order valence-corrected chi connectivity index (χ1v) is 17.2. The Balaban J connectivity index is 1.16. The minimum atomic E-state index is 1.12. The van der Waals surface area contributed by atoms with Crippen LogP contribution in [-0.4, -0.2) is 0 Å². The Bertz CT molecular complexity index is 2530. The number of nitrogens with zero attached hydrogens (tertiary/aromatic N) is 1. The average Bonchev–Trinajstić information content (AvgIpc) is 3.56. The molecule has 0 aliphatic carbocycles. The Kier molecular flexibility index (Phi) is 7.07. The van der Waals surface area contributed by atoms with Crippen LogP contribution in [0.15, 0.2) is 188 Å². The monoisotopic (exact) mass is 629 g/mol. The van der Waals surface area contributed by atoms with Crippen LogP contribution >= 0.6 is 11.3 Å². The number of fused-ring (bicyclic) bond motifs is 4. The molecule has 226 valence electrons. The maximum Gasteiger partial charge on any atom is 0.0540 e. The lowest BCUT2D eigenvalue weighted by molar-refractivity contribution is 1.30. The van der Waals surface area contributed by atoms with E-state index in [0.717, 1.165) is 17.1 Å². The fourth-order valence-electron chi connectivity index (χ4n) is 6.95. The van der Waals surface area contributed by atoms with E-state index < -0.39 is 0 Å². The van der Waals surface area contributed by atoms with Crippen molar-refractivity contribution in [1.29, 1.82) is 0 Å². The highest BCUT2D eigenvalue weighted by molar-refractivity contribution is 7.26. The third kappa shape index (κ3) is 4.95. The second-order valence-electron chi connectivity index (χ2n) is 12.1. The summed E-state index contributed by atoms with van der Waals surface area (Å²) in [5.41, 5.74) is 10.9. The summed E-state index contributed by atoms with van der Waals surface area (Å²) in [7, 11) is 0. The highest BCUT2D eigenvalue weighted by atomic mass is 32.1. The number of rotatable bonds is 6. The molecule has 0 saturated heterocycles. The van der Waals surface area contributed by atoms with Crippen LogP contribution in [0.3, 0.4) is 0 Å². The van der Waals surface area contributed by atoms with Gasteiger partial charge in [0.1, 0.15) is 0 Å². The summed E-state index contributed by atoms with van der Waals surface area (Å²) in [6.45, 7) is 0. The number of hydrogen-bond donors (Lipinski definition) is 0. The topological polar surface area (TPSA) is 3.24 Å². The van der Waals surface area contributed by atoms with Crippen molar-refractivity contribution in [2.24, 2.45) is 0 Å². The van der Waals surface area contributed by atoms with Gasteiger partial charge in [-0.2, -0.15) is 0 Å². The summed E-state index contributed by atoms with van der Waals surface area (Å²) in [6, 6.07) is 68.0. The minimum absolute atomic E-state index is 1.12. The van der Waals surface area contributed by atoms with E-state index in [-0.39, 0.29) is 0 Å². The standard InChI is InChI=1S/C46H31NS/c1-3-12-32(13-4-1)33-24-28-37(29-25-33)47(44-23-9-17-34-16-7-8-18-39(34)44)38-30-26-36(27-31-38)41-20-11-22-43-42-21-10-19-40(45(42)48-46(41)43)35-14-5-2-6-15-35/h1-31H. The molecule has 0 amide bonds. The van der Waals surface area contributed by atoms with Crippen molar-refractivity contribution >= 4 is 59.3 Å². The molecule has 0 unspecified atom stereocenters. The van der Waals surface area contributed by atoms with Crippen LogP contribution in [0.1, 0.15) is 0 Å². The lowest BCUT2D eigenvalue weighted by Gasteiger charge is -2.27. The van der Waals surface area contributed by atoms with Crippen LogP contribution in [-0.2, 0) is 0 Å². The molecule has 8 aromatic carbocycles. The summed E-state index contributed by atoms with van der Waals surface area (Å²) < 4.78 is 2.66. The van der Waals surface area contributed by atoms with Gasteiger partial charge in [0.15, 0.2) is 0 Å². The molecule has 1 aromatic heterocycles. The minimum Gasteiger partial charge on any atom is -0.310 e. The predicted octanol–water partition coefficient (Wildman–Crippen LogP) is 13.7. The molecule has 9 aromatic rings. The van der Waals surface area contributed by atoms with Crippen molar-refractivity contribution in [2.45, 2.75) is 0 Å². The Morgan fingerprint density at radius 3 is 1.38 bits per heavy atom. The average molecular weight is 630 g/mol. The molecule has 0 aliphatic heterocycles. The van der Waals surface area contributed by atoms with Crippen molar-refractivity contribution in [3.63, 3.8) is 0 Å². The van der Waals surface area contributed by atoms with E-state index in [0.29, 0.717) is 0 Å². The lowest BCUT2D eigenvalue weighted by atomic mass is 10.00. The van der Waals surface area contributed by atoms with Crippen molar-refractivity contribution in [3.8, 4) is 33.4 Å². The molecule has 0 N–H and O–H groups in total. The van der Waals surface area contributed by atoms with E-state index in [4.69, 9.17) is 0 Å². The Hall–Kier alpha value is -5.96. The Morgan fingerprint density at radius 1 is 0.312 bits per heavy atom. The van der Waals surface area contributed by atoms with E-state index in [9.17, 15) is 0 Å². The molecule has 0 aliphatic rings. The molecule has 9 rings (SSSR count).